The first-order chi connectivity index (χ1) is 16.5. The smallest absolute Gasteiger partial charge is 0.264 e. The molecule has 0 unspecified atom stereocenters. The van der Waals surface area contributed by atoms with E-state index >= 15 is 0 Å². The van der Waals surface area contributed by atoms with Crippen molar-refractivity contribution in [3.8, 4) is 11.4 Å². The molecule has 0 atom stereocenters. The fraction of sp³-hybridized carbons (Fsp3) is 0.0400. The van der Waals surface area contributed by atoms with E-state index in [4.69, 9.17) is 4.98 Å². The van der Waals surface area contributed by atoms with Crippen LogP contribution in [0.25, 0.3) is 22.3 Å². The average Bonchev–Trinajstić information content (AvgIpc) is 2.84. The molecular formula is C25H21ClN6O2S. The van der Waals surface area contributed by atoms with Crippen molar-refractivity contribution in [3.05, 3.63) is 96.8 Å². The van der Waals surface area contributed by atoms with Crippen LogP contribution in [0.5, 0.6) is 0 Å². The lowest BCUT2D eigenvalue weighted by atomic mass is 10.2. The first-order valence-electron chi connectivity index (χ1n) is 10.5. The van der Waals surface area contributed by atoms with Crippen LogP contribution < -0.4 is 10.0 Å². The highest BCUT2D eigenvalue weighted by Crippen LogP contribution is 2.28. The van der Waals surface area contributed by atoms with Crippen molar-refractivity contribution in [2.75, 3.05) is 10.0 Å². The van der Waals surface area contributed by atoms with Gasteiger partial charge in [0.15, 0.2) is 5.82 Å². The second kappa shape index (κ2) is 10.0. The summed E-state index contributed by atoms with van der Waals surface area (Å²) in [5.74, 6) is 1.26. The largest absolute Gasteiger partial charge is 0.340 e. The normalized spacial score (nSPS) is 11.0. The molecule has 0 bridgehead atoms. The van der Waals surface area contributed by atoms with Crippen molar-refractivity contribution < 1.29 is 8.42 Å². The molecule has 0 saturated heterocycles. The number of nitrogens with one attached hydrogen (secondary N) is 2. The second-order valence-corrected chi connectivity index (χ2v) is 9.24. The molecular weight excluding hydrogens is 484 g/mol. The summed E-state index contributed by atoms with van der Waals surface area (Å²) >= 11 is 0. The molecule has 0 fully saturated rings. The Balaban J connectivity index is 0.00000289. The molecule has 8 nitrogen and oxygen atoms in total. The minimum Gasteiger partial charge on any atom is -0.340 e. The molecule has 0 spiro atoms. The fourth-order valence-electron chi connectivity index (χ4n) is 3.42. The van der Waals surface area contributed by atoms with Crippen molar-refractivity contribution in [2.45, 2.75) is 11.8 Å². The number of fused-ring (bicyclic) bond motifs is 1. The van der Waals surface area contributed by atoms with Crippen LogP contribution in [0.4, 0.5) is 17.5 Å². The molecule has 0 amide bonds. The average molecular weight is 505 g/mol. The maximum atomic E-state index is 12.7. The molecule has 35 heavy (non-hydrogen) atoms. The van der Waals surface area contributed by atoms with E-state index in [1.165, 1.54) is 18.3 Å². The molecule has 0 aliphatic carbocycles. The van der Waals surface area contributed by atoms with E-state index in [-0.39, 0.29) is 23.3 Å². The van der Waals surface area contributed by atoms with Crippen LogP contribution in [-0.2, 0) is 10.0 Å². The minimum absolute atomic E-state index is 0. The van der Waals surface area contributed by atoms with Crippen molar-refractivity contribution in [3.63, 3.8) is 0 Å². The Kier molecular flexibility index (Phi) is 6.90. The number of rotatable bonds is 6. The molecule has 2 heterocycles. The van der Waals surface area contributed by atoms with Gasteiger partial charge in [-0.15, -0.1) is 12.4 Å². The summed E-state index contributed by atoms with van der Waals surface area (Å²) in [5.41, 5.74) is 3.07. The second-order valence-electron chi connectivity index (χ2n) is 7.56. The molecule has 0 aliphatic heterocycles. The van der Waals surface area contributed by atoms with Gasteiger partial charge >= 0.3 is 0 Å². The Labute approximate surface area is 209 Å². The maximum absolute atomic E-state index is 12.7. The molecule has 0 saturated carbocycles. The Morgan fingerprint density at radius 1 is 0.771 bits per heavy atom. The van der Waals surface area contributed by atoms with E-state index in [9.17, 15) is 8.42 Å². The SMILES string of the molecule is Cc1ccnc(NS(=O)(=O)c2ccc(Nc3nc(-c4ccccc4)nc4ccccc34)cc2)n1.Cl. The van der Waals surface area contributed by atoms with Crippen molar-refractivity contribution >= 4 is 50.8 Å². The van der Waals surface area contributed by atoms with E-state index < -0.39 is 10.0 Å². The van der Waals surface area contributed by atoms with Gasteiger partial charge in [0.1, 0.15) is 5.82 Å². The number of halogens is 1. The van der Waals surface area contributed by atoms with E-state index in [0.29, 0.717) is 23.0 Å². The Hall–Kier alpha value is -4.08. The van der Waals surface area contributed by atoms with Crippen LogP contribution in [-0.4, -0.2) is 28.4 Å². The molecule has 2 aromatic heterocycles. The van der Waals surface area contributed by atoms with Gasteiger partial charge in [0.2, 0.25) is 5.95 Å². The van der Waals surface area contributed by atoms with Gasteiger partial charge in [-0.1, -0.05) is 42.5 Å². The zero-order valence-corrected chi connectivity index (χ0v) is 20.2. The van der Waals surface area contributed by atoms with Crippen LogP contribution in [0.2, 0.25) is 0 Å². The van der Waals surface area contributed by atoms with Gasteiger partial charge in [-0.05, 0) is 49.4 Å². The van der Waals surface area contributed by atoms with Crippen LogP contribution >= 0.6 is 12.4 Å². The molecule has 5 rings (SSSR count). The molecule has 5 aromatic rings. The lowest BCUT2D eigenvalue weighted by Crippen LogP contribution is -2.15. The third-order valence-corrected chi connectivity index (χ3v) is 6.43. The number of para-hydroxylation sites is 1. The number of anilines is 3. The van der Waals surface area contributed by atoms with Gasteiger partial charge in [-0.25, -0.2) is 33.1 Å². The highest BCUT2D eigenvalue weighted by molar-refractivity contribution is 7.92. The summed E-state index contributed by atoms with van der Waals surface area (Å²) < 4.78 is 27.9. The predicted octanol–water partition coefficient (Wildman–Crippen LogP) is 5.36. The standard InChI is InChI=1S/C25H20N6O2S.ClH/c1-17-15-16-26-25(27-17)31-34(32,33)20-13-11-19(12-14-20)28-24-21-9-5-6-10-22(21)29-23(30-24)18-7-3-2-4-8-18;/h2-16H,1H3,(H,26,27,31)(H,28,29,30);1H. The Morgan fingerprint density at radius 3 is 2.23 bits per heavy atom. The number of hydrogen-bond donors (Lipinski definition) is 2. The van der Waals surface area contributed by atoms with Gasteiger partial charge < -0.3 is 5.32 Å². The summed E-state index contributed by atoms with van der Waals surface area (Å²) in [5, 5.41) is 4.16. The highest BCUT2D eigenvalue weighted by atomic mass is 35.5. The first kappa shape index (κ1) is 24.1. The number of hydrogen-bond acceptors (Lipinski definition) is 7. The van der Waals surface area contributed by atoms with Crippen LogP contribution in [0.3, 0.4) is 0 Å². The molecule has 3 aromatic carbocycles. The fourth-order valence-corrected chi connectivity index (χ4v) is 4.37. The predicted molar refractivity (Wildman–Crippen MR) is 140 cm³/mol. The van der Waals surface area contributed by atoms with Crippen LogP contribution in [0.15, 0.2) is 96.0 Å². The molecule has 10 heteroatoms. The van der Waals surface area contributed by atoms with Crippen molar-refractivity contribution in [1.29, 1.82) is 0 Å². The summed E-state index contributed by atoms with van der Waals surface area (Å²) in [6, 6.07) is 25.6. The molecule has 176 valence electrons. The number of nitrogens with zero attached hydrogens (tertiary/aromatic N) is 4. The number of aryl methyl sites for hydroxylation is 1. The summed E-state index contributed by atoms with van der Waals surface area (Å²) in [6.45, 7) is 1.76. The van der Waals surface area contributed by atoms with Gasteiger partial charge in [0.05, 0.1) is 10.4 Å². The summed E-state index contributed by atoms with van der Waals surface area (Å²) in [7, 11) is -3.83. The van der Waals surface area contributed by atoms with E-state index in [1.54, 1.807) is 25.1 Å². The highest BCUT2D eigenvalue weighted by Gasteiger charge is 2.16. The van der Waals surface area contributed by atoms with Gasteiger partial charge in [0, 0.05) is 28.5 Å². The Morgan fingerprint density at radius 2 is 1.49 bits per heavy atom. The lowest BCUT2D eigenvalue weighted by Gasteiger charge is -2.12. The third kappa shape index (κ3) is 5.37. The van der Waals surface area contributed by atoms with Crippen molar-refractivity contribution in [1.82, 2.24) is 19.9 Å². The maximum Gasteiger partial charge on any atom is 0.264 e. The van der Waals surface area contributed by atoms with Gasteiger partial charge in [-0.3, -0.25) is 0 Å². The summed E-state index contributed by atoms with van der Waals surface area (Å²) in [4.78, 5) is 17.6. The number of benzene rings is 3. The monoisotopic (exact) mass is 504 g/mol. The molecule has 0 aliphatic rings. The number of sulfonamides is 1. The summed E-state index contributed by atoms with van der Waals surface area (Å²) in [6.07, 6.45) is 1.50. The van der Waals surface area contributed by atoms with Gasteiger partial charge in [-0.2, -0.15) is 0 Å². The first-order valence-corrected chi connectivity index (χ1v) is 12.0. The zero-order valence-electron chi connectivity index (χ0n) is 18.6. The van der Waals surface area contributed by atoms with E-state index in [1.807, 2.05) is 54.6 Å². The minimum atomic E-state index is -3.83. The third-order valence-electron chi connectivity index (χ3n) is 5.08. The molecule has 2 N–H and O–H groups in total. The van der Waals surface area contributed by atoms with Crippen LogP contribution in [0, 0.1) is 6.92 Å². The zero-order chi connectivity index (χ0) is 23.5. The van der Waals surface area contributed by atoms with Gasteiger partial charge in [0.25, 0.3) is 10.0 Å². The quantitative estimate of drug-likeness (QED) is 0.320. The van der Waals surface area contributed by atoms with E-state index in [0.717, 1.165) is 16.5 Å². The van der Waals surface area contributed by atoms with Crippen molar-refractivity contribution in [2.24, 2.45) is 0 Å². The Bertz CT molecular complexity index is 1580. The molecule has 0 radical (unpaired) electrons. The topological polar surface area (TPSA) is 110 Å². The van der Waals surface area contributed by atoms with E-state index in [2.05, 4.69) is 25.0 Å². The van der Waals surface area contributed by atoms with Crippen LogP contribution in [0.1, 0.15) is 5.69 Å². The number of aromatic nitrogens is 4. The lowest BCUT2D eigenvalue weighted by molar-refractivity contribution is 0.601.